The van der Waals surface area contributed by atoms with Crippen molar-refractivity contribution in [3.63, 3.8) is 0 Å². The molecule has 1 rings (SSSR count). The zero-order chi connectivity index (χ0) is 11.7. The number of hydrogen-bond acceptors (Lipinski definition) is 0. The molecule has 1 heteroatoms. The van der Waals surface area contributed by atoms with E-state index in [4.69, 9.17) is 0 Å². The maximum Gasteiger partial charge on any atom is 0.161 e. The molecule has 86 valence electrons. The van der Waals surface area contributed by atoms with Crippen molar-refractivity contribution >= 4 is 5.71 Å². The van der Waals surface area contributed by atoms with E-state index in [1.807, 2.05) is 0 Å². The van der Waals surface area contributed by atoms with Crippen LogP contribution in [0.4, 0.5) is 0 Å². The summed E-state index contributed by atoms with van der Waals surface area (Å²) in [4.78, 5) is 0. The highest BCUT2D eigenvalue weighted by molar-refractivity contribution is 5.85. The average molecular weight is 208 g/mol. The van der Waals surface area contributed by atoms with Gasteiger partial charge in [0.1, 0.15) is 0 Å². The monoisotopic (exact) mass is 208 g/mol. The van der Waals surface area contributed by atoms with Crippen molar-refractivity contribution in [3.8, 4) is 0 Å². The van der Waals surface area contributed by atoms with E-state index in [0.29, 0.717) is 5.41 Å². The molecule has 0 atom stereocenters. The summed E-state index contributed by atoms with van der Waals surface area (Å²) in [6.07, 6.45) is 7.03. The normalized spacial score (nSPS) is 19.3. The molecule has 0 radical (unpaired) electrons. The van der Waals surface area contributed by atoms with Crippen molar-refractivity contribution in [2.75, 3.05) is 6.54 Å². The minimum absolute atomic E-state index is 0.233. The lowest BCUT2D eigenvalue weighted by Crippen LogP contribution is -2.42. The molecule has 0 aromatic carbocycles. The third-order valence-electron chi connectivity index (χ3n) is 3.00. The molecule has 0 bridgehead atoms. The summed E-state index contributed by atoms with van der Waals surface area (Å²) >= 11 is 0. The fraction of sp³-hybridized carbons (Fsp3) is 0.786. The smallest absolute Gasteiger partial charge is 0.161 e. The Morgan fingerprint density at radius 1 is 1.00 bits per heavy atom. The van der Waals surface area contributed by atoms with Gasteiger partial charge in [-0.1, -0.05) is 26.8 Å². The lowest BCUT2D eigenvalue weighted by Gasteiger charge is -2.26. The molecule has 0 spiro atoms. The van der Waals surface area contributed by atoms with Gasteiger partial charge in [-0.3, -0.25) is 0 Å². The van der Waals surface area contributed by atoms with Gasteiger partial charge < -0.3 is 0 Å². The van der Waals surface area contributed by atoms with Crippen molar-refractivity contribution in [2.24, 2.45) is 5.41 Å². The van der Waals surface area contributed by atoms with Crippen molar-refractivity contribution < 1.29 is 4.58 Å². The molecule has 1 aliphatic rings. The highest BCUT2D eigenvalue weighted by atomic mass is 15.1. The molecular formula is C14H26N+. The van der Waals surface area contributed by atoms with Crippen LogP contribution >= 0.6 is 0 Å². The fourth-order valence-electron chi connectivity index (χ4n) is 2.22. The summed E-state index contributed by atoms with van der Waals surface area (Å²) in [5.74, 6) is 0. The summed E-state index contributed by atoms with van der Waals surface area (Å²) in [6, 6.07) is 0. The lowest BCUT2D eigenvalue weighted by atomic mass is 9.86. The largest absolute Gasteiger partial charge is 0.228 e. The topological polar surface area (TPSA) is 3.01 Å². The second-order valence-corrected chi connectivity index (χ2v) is 6.49. The molecular weight excluding hydrogens is 182 g/mol. The molecule has 0 fully saturated rings. The maximum absolute atomic E-state index is 2.57. The number of hydrogen-bond donors (Lipinski definition) is 0. The van der Waals surface area contributed by atoms with E-state index in [9.17, 15) is 0 Å². The minimum atomic E-state index is 0.233. The van der Waals surface area contributed by atoms with E-state index in [1.54, 1.807) is 5.71 Å². The van der Waals surface area contributed by atoms with Crippen molar-refractivity contribution in [1.82, 2.24) is 0 Å². The predicted molar refractivity (Wildman–Crippen MR) is 67.7 cm³/mol. The second kappa shape index (κ2) is 4.11. The maximum atomic E-state index is 2.57. The molecule has 0 N–H and O–H groups in total. The van der Waals surface area contributed by atoms with Crippen molar-refractivity contribution in [1.29, 1.82) is 0 Å². The van der Waals surface area contributed by atoms with Crippen LogP contribution in [0.1, 0.15) is 54.4 Å². The van der Waals surface area contributed by atoms with Crippen LogP contribution < -0.4 is 0 Å². The van der Waals surface area contributed by atoms with Crippen LogP contribution in [0.15, 0.2) is 12.2 Å². The Morgan fingerprint density at radius 2 is 1.60 bits per heavy atom. The van der Waals surface area contributed by atoms with Gasteiger partial charge in [-0.15, -0.1) is 0 Å². The van der Waals surface area contributed by atoms with Crippen molar-refractivity contribution in [3.05, 3.63) is 12.2 Å². The molecule has 0 saturated carbocycles. The molecule has 0 amide bonds. The third kappa shape index (κ3) is 3.19. The van der Waals surface area contributed by atoms with Gasteiger partial charge in [-0.25, -0.2) is 4.58 Å². The zero-order valence-corrected chi connectivity index (χ0v) is 11.2. The molecule has 15 heavy (non-hydrogen) atoms. The SMILES string of the molecule is CC(C)(C)C1=[N+](C(C)(C)C)CC=CCC1. The Kier molecular flexibility index (Phi) is 3.42. The van der Waals surface area contributed by atoms with E-state index in [0.717, 1.165) is 6.54 Å². The van der Waals surface area contributed by atoms with Crippen LogP contribution in [0.25, 0.3) is 0 Å². The van der Waals surface area contributed by atoms with E-state index in [1.165, 1.54) is 12.8 Å². The Hall–Kier alpha value is -0.590. The number of rotatable bonds is 0. The third-order valence-corrected chi connectivity index (χ3v) is 3.00. The van der Waals surface area contributed by atoms with Gasteiger partial charge in [0.2, 0.25) is 0 Å². The summed E-state index contributed by atoms with van der Waals surface area (Å²) in [7, 11) is 0. The average Bonchev–Trinajstić information content (AvgIpc) is 2.24. The van der Waals surface area contributed by atoms with Crippen LogP contribution in [0.3, 0.4) is 0 Å². The quantitative estimate of drug-likeness (QED) is 0.422. The molecule has 0 aromatic rings. The van der Waals surface area contributed by atoms with E-state index >= 15 is 0 Å². The van der Waals surface area contributed by atoms with E-state index in [2.05, 4.69) is 58.3 Å². The number of allylic oxidation sites excluding steroid dienone is 1. The predicted octanol–water partition coefficient (Wildman–Crippen LogP) is 3.63. The molecule has 0 unspecified atom stereocenters. The first kappa shape index (κ1) is 12.5. The highest BCUT2D eigenvalue weighted by Crippen LogP contribution is 2.24. The van der Waals surface area contributed by atoms with Crippen LogP contribution in [0, 0.1) is 5.41 Å². The second-order valence-electron chi connectivity index (χ2n) is 6.49. The van der Waals surface area contributed by atoms with E-state index in [-0.39, 0.29) is 5.54 Å². The first-order valence-electron chi connectivity index (χ1n) is 6.02. The summed E-state index contributed by atoms with van der Waals surface area (Å²) in [6.45, 7) is 15.0. The van der Waals surface area contributed by atoms with Gasteiger partial charge >= 0.3 is 0 Å². The van der Waals surface area contributed by atoms with Gasteiger partial charge in [0.05, 0.1) is 0 Å². The van der Waals surface area contributed by atoms with Crippen LogP contribution in [-0.4, -0.2) is 22.4 Å². The molecule has 0 aliphatic carbocycles. The van der Waals surface area contributed by atoms with Crippen LogP contribution in [0.5, 0.6) is 0 Å². The summed E-state index contributed by atoms with van der Waals surface area (Å²) < 4.78 is 2.57. The standard InChI is InChI=1S/C14H26N/c1-13(2,3)12-10-8-7-9-11-15(12)14(4,5)6/h7,9H,8,10-11H2,1-6H3/q+1. The lowest BCUT2D eigenvalue weighted by molar-refractivity contribution is -0.591. The summed E-state index contributed by atoms with van der Waals surface area (Å²) in [5, 5.41) is 0. The Labute approximate surface area is 94.9 Å². The molecule has 0 aromatic heterocycles. The molecule has 1 heterocycles. The van der Waals surface area contributed by atoms with Gasteiger partial charge in [0, 0.05) is 11.8 Å². The van der Waals surface area contributed by atoms with E-state index < -0.39 is 0 Å². The zero-order valence-electron chi connectivity index (χ0n) is 11.2. The number of nitrogens with zero attached hydrogens (tertiary/aromatic N) is 1. The van der Waals surface area contributed by atoms with Crippen LogP contribution in [-0.2, 0) is 0 Å². The molecule has 1 nitrogen and oxygen atoms in total. The highest BCUT2D eigenvalue weighted by Gasteiger charge is 2.34. The minimum Gasteiger partial charge on any atom is -0.228 e. The Bertz CT molecular complexity index is 281. The van der Waals surface area contributed by atoms with Gasteiger partial charge in [-0.2, -0.15) is 0 Å². The molecule has 0 saturated heterocycles. The van der Waals surface area contributed by atoms with Gasteiger partial charge in [0.25, 0.3) is 0 Å². The summed E-state index contributed by atoms with van der Waals surface area (Å²) in [5.41, 5.74) is 2.12. The first-order chi connectivity index (χ1) is 6.73. The first-order valence-corrected chi connectivity index (χ1v) is 6.02. The van der Waals surface area contributed by atoms with Crippen molar-refractivity contribution in [2.45, 2.75) is 59.9 Å². The van der Waals surface area contributed by atoms with Crippen LogP contribution in [0.2, 0.25) is 0 Å². The Balaban J connectivity index is 3.17. The van der Waals surface area contributed by atoms with Gasteiger partial charge in [0.15, 0.2) is 17.8 Å². The molecule has 1 aliphatic heterocycles. The Morgan fingerprint density at radius 3 is 2.07 bits per heavy atom. The fourth-order valence-corrected chi connectivity index (χ4v) is 2.22. The van der Waals surface area contributed by atoms with Gasteiger partial charge in [-0.05, 0) is 33.3 Å².